The Balaban J connectivity index is 2.21. The van der Waals surface area contributed by atoms with Gasteiger partial charge in [-0.05, 0) is 30.5 Å². The van der Waals surface area contributed by atoms with Gasteiger partial charge in [-0.2, -0.15) is 0 Å². The van der Waals surface area contributed by atoms with Gasteiger partial charge in [-0.25, -0.2) is 4.57 Å². The lowest BCUT2D eigenvalue weighted by Gasteiger charge is -2.14. The van der Waals surface area contributed by atoms with Crippen LogP contribution in [0.2, 0.25) is 0 Å². The molecule has 0 aliphatic heterocycles. The monoisotopic (exact) mass is 358 g/mol. The van der Waals surface area contributed by atoms with Crippen molar-refractivity contribution in [2.75, 3.05) is 18.5 Å². The zero-order chi connectivity index (χ0) is 17.8. The second-order valence-electron chi connectivity index (χ2n) is 6.14. The van der Waals surface area contributed by atoms with E-state index in [1.807, 2.05) is 12.1 Å². The zero-order valence-electron chi connectivity index (χ0n) is 14.5. The van der Waals surface area contributed by atoms with Crippen molar-refractivity contribution < 1.29 is 18.9 Å². The lowest BCUT2D eigenvalue weighted by atomic mass is 10.0. The molecule has 138 valence electrons. The number of hydrogen-bond acceptors (Lipinski definition) is 4. The van der Waals surface area contributed by atoms with Crippen LogP contribution >= 0.6 is 7.82 Å². The molecule has 0 heterocycles. The Bertz CT molecular complexity index is 490. The fourth-order valence-corrected chi connectivity index (χ4v) is 2.79. The van der Waals surface area contributed by atoms with Crippen LogP contribution in [0.15, 0.2) is 24.3 Å². The van der Waals surface area contributed by atoms with Gasteiger partial charge in [0, 0.05) is 18.3 Å². The van der Waals surface area contributed by atoms with Crippen molar-refractivity contribution in [1.82, 2.24) is 0 Å². The quantitative estimate of drug-likeness (QED) is 0.318. The summed E-state index contributed by atoms with van der Waals surface area (Å²) >= 11 is 0. The van der Waals surface area contributed by atoms with Gasteiger partial charge in [0.15, 0.2) is 0 Å². The van der Waals surface area contributed by atoms with E-state index in [9.17, 15) is 4.57 Å². The Kier molecular flexibility index (Phi) is 10.2. The van der Waals surface area contributed by atoms with Crippen molar-refractivity contribution in [2.24, 2.45) is 5.73 Å². The van der Waals surface area contributed by atoms with Crippen molar-refractivity contribution >= 4 is 13.5 Å². The van der Waals surface area contributed by atoms with E-state index in [2.05, 4.69) is 28.9 Å². The normalized spacial score (nSPS) is 13.0. The van der Waals surface area contributed by atoms with Crippen LogP contribution in [0.5, 0.6) is 0 Å². The molecule has 0 amide bonds. The molecule has 1 atom stereocenters. The Morgan fingerprint density at radius 2 is 1.75 bits per heavy atom. The standard InChI is InChI=1S/C17H31N2O4P/c1-2-3-4-5-6-7-8-15-9-11-17(12-10-15)19-13-16(18)14-23-24(20,21)22/h9-12,16,19H,2-8,13-14,18H2,1H3,(H2,20,21,22). The Morgan fingerprint density at radius 3 is 2.38 bits per heavy atom. The number of anilines is 1. The third kappa shape index (κ3) is 10.8. The van der Waals surface area contributed by atoms with Crippen LogP contribution in [0.1, 0.15) is 51.0 Å². The van der Waals surface area contributed by atoms with Gasteiger partial charge in [0.1, 0.15) is 0 Å². The van der Waals surface area contributed by atoms with Crippen LogP contribution in [0.3, 0.4) is 0 Å². The number of rotatable bonds is 13. The molecule has 0 aliphatic rings. The van der Waals surface area contributed by atoms with E-state index in [4.69, 9.17) is 15.5 Å². The van der Waals surface area contributed by atoms with Crippen LogP contribution < -0.4 is 11.1 Å². The van der Waals surface area contributed by atoms with E-state index in [1.54, 1.807) is 0 Å². The van der Waals surface area contributed by atoms with E-state index >= 15 is 0 Å². The predicted molar refractivity (Wildman–Crippen MR) is 98.0 cm³/mol. The maximum absolute atomic E-state index is 10.6. The highest BCUT2D eigenvalue weighted by Crippen LogP contribution is 2.35. The Hall–Kier alpha value is -0.910. The van der Waals surface area contributed by atoms with E-state index in [-0.39, 0.29) is 6.61 Å². The summed E-state index contributed by atoms with van der Waals surface area (Å²) in [5.41, 5.74) is 8.01. The minimum absolute atomic E-state index is 0.187. The molecular formula is C17H31N2O4P. The number of hydrogen-bond donors (Lipinski definition) is 4. The highest BCUT2D eigenvalue weighted by Gasteiger charge is 2.15. The molecule has 1 aromatic carbocycles. The lowest BCUT2D eigenvalue weighted by Crippen LogP contribution is -2.33. The van der Waals surface area contributed by atoms with Crippen LogP contribution in [0.4, 0.5) is 5.69 Å². The minimum atomic E-state index is -4.45. The topological polar surface area (TPSA) is 105 Å². The number of nitrogens with two attached hydrogens (primary N) is 1. The van der Waals surface area contributed by atoms with Crippen LogP contribution in [0.25, 0.3) is 0 Å². The molecule has 24 heavy (non-hydrogen) atoms. The summed E-state index contributed by atoms with van der Waals surface area (Å²) < 4.78 is 15.0. The molecular weight excluding hydrogens is 327 g/mol. The second-order valence-corrected chi connectivity index (χ2v) is 7.38. The average molecular weight is 358 g/mol. The van der Waals surface area contributed by atoms with E-state index < -0.39 is 13.9 Å². The molecule has 1 aromatic rings. The van der Waals surface area contributed by atoms with Gasteiger partial charge in [0.05, 0.1) is 6.61 Å². The van der Waals surface area contributed by atoms with Gasteiger partial charge in [0.25, 0.3) is 0 Å². The summed E-state index contributed by atoms with van der Waals surface area (Å²) in [6.45, 7) is 2.43. The molecule has 1 unspecified atom stereocenters. The molecule has 0 bridgehead atoms. The first-order valence-corrected chi connectivity index (χ1v) is 10.2. The van der Waals surface area contributed by atoms with Crippen LogP contribution in [-0.4, -0.2) is 29.0 Å². The fourth-order valence-electron chi connectivity index (χ4n) is 2.40. The summed E-state index contributed by atoms with van der Waals surface area (Å²) in [4.78, 5) is 17.3. The summed E-state index contributed by atoms with van der Waals surface area (Å²) in [7, 11) is -4.45. The zero-order valence-corrected chi connectivity index (χ0v) is 15.4. The number of benzene rings is 1. The van der Waals surface area contributed by atoms with Crippen molar-refractivity contribution in [3.63, 3.8) is 0 Å². The van der Waals surface area contributed by atoms with Gasteiger partial charge in [0.2, 0.25) is 0 Å². The smallest absolute Gasteiger partial charge is 0.383 e. The Labute approximate surface area is 145 Å². The maximum atomic E-state index is 10.6. The first kappa shape index (κ1) is 21.1. The molecule has 5 N–H and O–H groups in total. The highest BCUT2D eigenvalue weighted by atomic mass is 31.2. The molecule has 0 aliphatic carbocycles. The highest BCUT2D eigenvalue weighted by molar-refractivity contribution is 7.46. The Morgan fingerprint density at radius 1 is 1.12 bits per heavy atom. The number of phosphoric acid groups is 1. The van der Waals surface area contributed by atoms with Gasteiger partial charge >= 0.3 is 7.82 Å². The number of aryl methyl sites for hydroxylation is 1. The maximum Gasteiger partial charge on any atom is 0.469 e. The molecule has 0 saturated heterocycles. The average Bonchev–Trinajstić information content (AvgIpc) is 2.54. The molecule has 0 saturated carbocycles. The molecule has 0 fully saturated rings. The van der Waals surface area contributed by atoms with E-state index in [0.717, 1.165) is 12.1 Å². The molecule has 7 heteroatoms. The first-order valence-electron chi connectivity index (χ1n) is 8.69. The molecule has 0 radical (unpaired) electrons. The van der Waals surface area contributed by atoms with Crippen LogP contribution in [0, 0.1) is 0 Å². The third-order valence-electron chi connectivity index (χ3n) is 3.80. The summed E-state index contributed by atoms with van der Waals surface area (Å²) in [5.74, 6) is 0. The van der Waals surface area contributed by atoms with Gasteiger partial charge in [-0.1, -0.05) is 51.2 Å². The summed E-state index contributed by atoms with van der Waals surface area (Å²) in [6, 6.07) is 7.73. The number of phosphoric ester groups is 1. The summed E-state index contributed by atoms with van der Waals surface area (Å²) in [5, 5.41) is 3.14. The van der Waals surface area contributed by atoms with Gasteiger partial charge in [-0.15, -0.1) is 0 Å². The molecule has 1 rings (SSSR count). The van der Waals surface area contributed by atoms with Gasteiger partial charge in [-0.3, -0.25) is 4.52 Å². The third-order valence-corrected chi connectivity index (χ3v) is 4.28. The molecule has 6 nitrogen and oxygen atoms in total. The minimum Gasteiger partial charge on any atom is -0.383 e. The van der Waals surface area contributed by atoms with Crippen molar-refractivity contribution in [2.45, 2.75) is 57.9 Å². The second kappa shape index (κ2) is 11.6. The van der Waals surface area contributed by atoms with Gasteiger partial charge < -0.3 is 20.8 Å². The summed E-state index contributed by atoms with van der Waals surface area (Å²) in [6.07, 6.45) is 8.89. The first-order chi connectivity index (χ1) is 11.4. The predicted octanol–water partition coefficient (Wildman–Crippen LogP) is 3.44. The number of unbranched alkanes of at least 4 members (excludes halogenated alkanes) is 5. The van der Waals surface area contributed by atoms with Crippen molar-refractivity contribution in [3.8, 4) is 0 Å². The largest absolute Gasteiger partial charge is 0.469 e. The van der Waals surface area contributed by atoms with Crippen LogP contribution in [-0.2, 0) is 15.5 Å². The van der Waals surface area contributed by atoms with E-state index in [1.165, 1.54) is 44.1 Å². The lowest BCUT2D eigenvalue weighted by molar-refractivity contribution is 0.188. The fraction of sp³-hybridized carbons (Fsp3) is 0.647. The van der Waals surface area contributed by atoms with Crippen molar-refractivity contribution in [3.05, 3.63) is 29.8 Å². The van der Waals surface area contributed by atoms with E-state index in [0.29, 0.717) is 6.54 Å². The SMILES string of the molecule is CCCCCCCCc1ccc(NCC(N)COP(=O)(O)O)cc1. The molecule has 0 spiro atoms. The molecule has 0 aromatic heterocycles. The number of nitrogens with one attached hydrogen (secondary N) is 1. The van der Waals surface area contributed by atoms with Crippen molar-refractivity contribution in [1.29, 1.82) is 0 Å².